The van der Waals surface area contributed by atoms with Gasteiger partial charge >= 0.3 is 0 Å². The first-order valence-electron chi connectivity index (χ1n) is 11.9. The van der Waals surface area contributed by atoms with Crippen molar-refractivity contribution in [1.82, 2.24) is 9.80 Å². The van der Waals surface area contributed by atoms with Gasteiger partial charge in [-0.3, -0.25) is 19.3 Å². The summed E-state index contributed by atoms with van der Waals surface area (Å²) in [7, 11) is 4.94. The standard InChI is InChI=1S/C26H34N2O4/c1-27(16-25-11-17-8-18(12-25)10-19(9-17)13-25)22(29)14-26(15-23(30)28(2)24(26)31)20-6-4-5-7-21(20)32-3/h4-7,17-19H,8-16H2,1-3H3. The molecule has 5 fully saturated rings. The lowest BCUT2D eigenvalue weighted by molar-refractivity contribution is -0.142. The molecule has 1 heterocycles. The summed E-state index contributed by atoms with van der Waals surface area (Å²) in [5, 5.41) is 0. The second-order valence-electron chi connectivity index (χ2n) is 11.1. The van der Waals surface area contributed by atoms with E-state index in [2.05, 4.69) is 0 Å². The second kappa shape index (κ2) is 7.60. The van der Waals surface area contributed by atoms with E-state index in [1.54, 1.807) is 13.2 Å². The molecule has 4 saturated carbocycles. The highest BCUT2D eigenvalue weighted by molar-refractivity contribution is 6.10. The summed E-state index contributed by atoms with van der Waals surface area (Å²) in [4.78, 5) is 42.5. The van der Waals surface area contributed by atoms with E-state index in [-0.39, 0.29) is 36.0 Å². The van der Waals surface area contributed by atoms with Crippen LogP contribution in [0.15, 0.2) is 24.3 Å². The molecule has 172 valence electrons. The zero-order chi connectivity index (χ0) is 22.7. The topological polar surface area (TPSA) is 66.9 Å². The number of rotatable bonds is 6. The lowest BCUT2D eigenvalue weighted by Gasteiger charge is -2.57. The van der Waals surface area contributed by atoms with Gasteiger partial charge in [0, 0.05) is 39.0 Å². The van der Waals surface area contributed by atoms with Gasteiger partial charge in [0.2, 0.25) is 17.7 Å². The monoisotopic (exact) mass is 438 g/mol. The third-order valence-corrected chi connectivity index (χ3v) is 8.78. The lowest BCUT2D eigenvalue weighted by Crippen LogP contribution is -2.52. The van der Waals surface area contributed by atoms with E-state index < -0.39 is 5.41 Å². The number of carbonyl (C=O) groups excluding carboxylic acids is 3. The van der Waals surface area contributed by atoms with Crippen LogP contribution in [-0.2, 0) is 19.8 Å². The Morgan fingerprint density at radius 3 is 2.22 bits per heavy atom. The molecule has 5 aliphatic rings. The van der Waals surface area contributed by atoms with E-state index in [0.29, 0.717) is 11.3 Å². The van der Waals surface area contributed by atoms with Gasteiger partial charge in [-0.1, -0.05) is 18.2 Å². The quantitative estimate of drug-likeness (QED) is 0.639. The molecule has 1 aromatic rings. The Hall–Kier alpha value is -2.37. The summed E-state index contributed by atoms with van der Waals surface area (Å²) in [6.45, 7) is 0.759. The average molecular weight is 439 g/mol. The third kappa shape index (κ3) is 3.34. The smallest absolute Gasteiger partial charge is 0.240 e. The Kier molecular flexibility index (Phi) is 5.10. The lowest BCUT2D eigenvalue weighted by atomic mass is 9.49. The highest BCUT2D eigenvalue weighted by Gasteiger charge is 2.55. The Bertz CT molecular complexity index is 922. The van der Waals surface area contributed by atoms with E-state index in [1.807, 2.05) is 30.1 Å². The van der Waals surface area contributed by atoms with Crippen molar-refractivity contribution in [3.05, 3.63) is 29.8 Å². The van der Waals surface area contributed by atoms with Crippen LogP contribution in [0.1, 0.15) is 56.9 Å². The first kappa shape index (κ1) is 21.5. The molecule has 1 saturated heterocycles. The summed E-state index contributed by atoms with van der Waals surface area (Å²) >= 11 is 0. The predicted molar refractivity (Wildman–Crippen MR) is 120 cm³/mol. The molecule has 0 radical (unpaired) electrons. The molecule has 0 N–H and O–H groups in total. The number of para-hydroxylation sites is 1. The Labute approximate surface area is 190 Å². The minimum Gasteiger partial charge on any atom is -0.496 e. The Morgan fingerprint density at radius 2 is 1.69 bits per heavy atom. The molecule has 1 unspecified atom stereocenters. The van der Waals surface area contributed by atoms with Crippen molar-refractivity contribution in [2.45, 2.75) is 56.8 Å². The average Bonchev–Trinajstić information content (AvgIpc) is 2.96. The van der Waals surface area contributed by atoms with Gasteiger partial charge in [0.1, 0.15) is 5.75 Å². The highest BCUT2D eigenvalue weighted by atomic mass is 16.5. The van der Waals surface area contributed by atoms with Crippen LogP contribution in [0, 0.1) is 23.2 Å². The number of benzene rings is 1. The molecule has 32 heavy (non-hydrogen) atoms. The first-order chi connectivity index (χ1) is 15.2. The molecule has 1 atom stereocenters. The molecule has 6 nitrogen and oxygen atoms in total. The maximum Gasteiger partial charge on any atom is 0.240 e. The van der Waals surface area contributed by atoms with E-state index in [9.17, 15) is 14.4 Å². The van der Waals surface area contributed by atoms with Gasteiger partial charge in [-0.15, -0.1) is 0 Å². The fraction of sp³-hybridized carbons (Fsp3) is 0.654. The van der Waals surface area contributed by atoms with Crippen LogP contribution in [-0.4, -0.2) is 55.3 Å². The molecular weight excluding hydrogens is 404 g/mol. The van der Waals surface area contributed by atoms with Crippen molar-refractivity contribution in [1.29, 1.82) is 0 Å². The number of methoxy groups -OCH3 is 1. The highest BCUT2D eigenvalue weighted by Crippen LogP contribution is 2.60. The number of likely N-dealkylation sites (tertiary alicyclic amines) is 1. The number of hydrogen-bond donors (Lipinski definition) is 0. The molecule has 0 aromatic heterocycles. The van der Waals surface area contributed by atoms with E-state index in [1.165, 1.54) is 50.5 Å². The summed E-state index contributed by atoms with van der Waals surface area (Å²) in [6, 6.07) is 7.27. The van der Waals surface area contributed by atoms with Crippen molar-refractivity contribution in [3.63, 3.8) is 0 Å². The van der Waals surface area contributed by atoms with Crippen LogP contribution >= 0.6 is 0 Å². The van der Waals surface area contributed by atoms with Crippen LogP contribution in [0.2, 0.25) is 0 Å². The van der Waals surface area contributed by atoms with Gasteiger partial charge in [-0.25, -0.2) is 0 Å². The Balaban J connectivity index is 1.40. The van der Waals surface area contributed by atoms with Gasteiger partial charge in [-0.2, -0.15) is 0 Å². The predicted octanol–water partition coefficient (Wildman–Crippen LogP) is 3.39. The minimum absolute atomic E-state index is 0.000345. The fourth-order valence-electron chi connectivity index (χ4n) is 7.84. The molecule has 6 heteroatoms. The number of nitrogens with zero attached hydrogens (tertiary/aromatic N) is 2. The van der Waals surface area contributed by atoms with Gasteiger partial charge in [0.25, 0.3) is 0 Å². The van der Waals surface area contributed by atoms with E-state index >= 15 is 0 Å². The molecule has 4 bridgehead atoms. The summed E-state index contributed by atoms with van der Waals surface area (Å²) in [5.41, 5.74) is -0.337. The number of ether oxygens (including phenoxy) is 1. The molecular formula is C26H34N2O4. The zero-order valence-electron chi connectivity index (χ0n) is 19.4. The van der Waals surface area contributed by atoms with Gasteiger partial charge in [0.05, 0.1) is 12.5 Å². The van der Waals surface area contributed by atoms with Crippen LogP contribution < -0.4 is 4.74 Å². The van der Waals surface area contributed by atoms with Crippen LogP contribution in [0.25, 0.3) is 0 Å². The van der Waals surface area contributed by atoms with Crippen LogP contribution in [0.4, 0.5) is 0 Å². The van der Waals surface area contributed by atoms with Crippen molar-refractivity contribution >= 4 is 17.7 Å². The van der Waals surface area contributed by atoms with Crippen molar-refractivity contribution < 1.29 is 19.1 Å². The van der Waals surface area contributed by atoms with Gasteiger partial charge in [-0.05, 0) is 67.8 Å². The first-order valence-corrected chi connectivity index (χ1v) is 11.9. The number of carbonyl (C=O) groups is 3. The maximum absolute atomic E-state index is 13.6. The third-order valence-electron chi connectivity index (χ3n) is 8.78. The SMILES string of the molecule is COc1ccccc1C1(CC(=O)N(C)CC23CC4CC(CC(C4)C2)C3)CC(=O)N(C)C1=O. The van der Waals surface area contributed by atoms with Crippen molar-refractivity contribution in [3.8, 4) is 5.75 Å². The summed E-state index contributed by atoms with van der Waals surface area (Å²) in [6.07, 6.45) is 7.80. The van der Waals surface area contributed by atoms with Crippen molar-refractivity contribution in [2.75, 3.05) is 27.7 Å². The maximum atomic E-state index is 13.6. The van der Waals surface area contributed by atoms with Crippen LogP contribution in [0.5, 0.6) is 5.75 Å². The van der Waals surface area contributed by atoms with Crippen molar-refractivity contribution in [2.24, 2.45) is 23.2 Å². The molecule has 3 amide bonds. The number of amides is 3. The normalized spacial score (nSPS) is 35.5. The minimum atomic E-state index is -1.20. The molecule has 1 aliphatic heterocycles. The second-order valence-corrected chi connectivity index (χ2v) is 11.1. The number of likely N-dealkylation sites (N-methyl/N-ethyl adjacent to an activating group) is 1. The summed E-state index contributed by atoms with van der Waals surface area (Å²) < 4.78 is 5.53. The van der Waals surface area contributed by atoms with E-state index in [4.69, 9.17) is 4.74 Å². The molecule has 6 rings (SSSR count). The number of hydrogen-bond acceptors (Lipinski definition) is 4. The fourth-order valence-corrected chi connectivity index (χ4v) is 7.84. The van der Waals surface area contributed by atoms with E-state index in [0.717, 1.165) is 24.3 Å². The Morgan fingerprint density at radius 1 is 1.09 bits per heavy atom. The molecule has 0 spiro atoms. The zero-order valence-corrected chi connectivity index (χ0v) is 19.4. The van der Waals surface area contributed by atoms with Gasteiger partial charge < -0.3 is 9.64 Å². The largest absolute Gasteiger partial charge is 0.496 e. The number of imide groups is 1. The molecule has 1 aromatic carbocycles. The van der Waals surface area contributed by atoms with Gasteiger partial charge in [0.15, 0.2) is 0 Å². The molecule has 4 aliphatic carbocycles. The van der Waals surface area contributed by atoms with Crippen LogP contribution in [0.3, 0.4) is 0 Å². The summed E-state index contributed by atoms with van der Waals surface area (Å²) in [5.74, 6) is 2.39.